The largest absolute Gasteiger partial charge is 0.463 e. The van der Waals surface area contributed by atoms with Gasteiger partial charge in [-0.1, -0.05) is 36.4 Å². The van der Waals surface area contributed by atoms with Crippen molar-refractivity contribution in [2.45, 2.75) is 20.0 Å². The molecule has 1 amide bonds. The Labute approximate surface area is 140 Å². The average molecular weight is 321 g/mol. The van der Waals surface area contributed by atoms with Crippen molar-refractivity contribution in [2.24, 2.45) is 0 Å². The van der Waals surface area contributed by atoms with Gasteiger partial charge in [0.05, 0.1) is 5.69 Å². The van der Waals surface area contributed by atoms with Gasteiger partial charge in [-0.05, 0) is 38.1 Å². The molecule has 1 N–H and O–H groups in total. The van der Waals surface area contributed by atoms with Gasteiger partial charge in [0.15, 0.2) is 6.10 Å². The third-order valence-corrected chi connectivity index (χ3v) is 3.57. The fourth-order valence-corrected chi connectivity index (χ4v) is 2.26. The van der Waals surface area contributed by atoms with Crippen molar-refractivity contribution in [1.29, 1.82) is 0 Å². The van der Waals surface area contributed by atoms with Crippen LogP contribution in [0.25, 0.3) is 5.69 Å². The number of anilines is 1. The molecule has 5 heteroatoms. The number of nitrogens with zero attached hydrogens (tertiary/aromatic N) is 2. The zero-order valence-corrected chi connectivity index (χ0v) is 13.6. The molecule has 0 saturated heterocycles. The van der Waals surface area contributed by atoms with Crippen LogP contribution >= 0.6 is 0 Å². The summed E-state index contributed by atoms with van der Waals surface area (Å²) in [6.07, 6.45) is 1.23. The van der Waals surface area contributed by atoms with Crippen molar-refractivity contribution in [1.82, 2.24) is 9.78 Å². The number of ether oxygens (including phenoxy) is 1. The molecule has 0 fully saturated rings. The van der Waals surface area contributed by atoms with Crippen LogP contribution in [-0.4, -0.2) is 21.8 Å². The van der Waals surface area contributed by atoms with Crippen LogP contribution in [0.15, 0.2) is 66.9 Å². The fraction of sp³-hybridized carbons (Fsp3) is 0.158. The quantitative estimate of drug-likeness (QED) is 0.781. The monoisotopic (exact) mass is 321 g/mol. The highest BCUT2D eigenvalue weighted by Crippen LogP contribution is 2.19. The molecule has 122 valence electrons. The number of hydrogen-bond acceptors (Lipinski definition) is 3. The summed E-state index contributed by atoms with van der Waals surface area (Å²) in [7, 11) is 0. The molecule has 3 rings (SSSR count). The van der Waals surface area contributed by atoms with Gasteiger partial charge in [0, 0.05) is 17.4 Å². The normalized spacial score (nSPS) is 11.8. The first-order chi connectivity index (χ1) is 11.6. The fourth-order valence-electron chi connectivity index (χ4n) is 2.26. The number of rotatable bonds is 5. The van der Waals surface area contributed by atoms with Gasteiger partial charge in [-0.2, -0.15) is 0 Å². The summed E-state index contributed by atoms with van der Waals surface area (Å²) in [5, 5.41) is 7.25. The Morgan fingerprint density at radius 3 is 2.38 bits per heavy atom. The highest BCUT2D eigenvalue weighted by molar-refractivity contribution is 5.94. The predicted octanol–water partition coefficient (Wildman–Crippen LogP) is 3.59. The van der Waals surface area contributed by atoms with Crippen molar-refractivity contribution in [2.75, 3.05) is 5.32 Å². The van der Waals surface area contributed by atoms with Crippen LogP contribution in [0.2, 0.25) is 0 Å². The molecule has 0 bridgehead atoms. The first-order valence-corrected chi connectivity index (χ1v) is 7.78. The SMILES string of the molecule is Cc1cn(-c2ccccc2)nc1O[C@H](C)C(=O)Nc1ccccc1. The number of aromatic nitrogens is 2. The second-order valence-electron chi connectivity index (χ2n) is 5.51. The van der Waals surface area contributed by atoms with E-state index in [1.807, 2.05) is 73.8 Å². The zero-order chi connectivity index (χ0) is 16.9. The van der Waals surface area contributed by atoms with Gasteiger partial charge in [-0.15, -0.1) is 5.10 Å². The minimum Gasteiger partial charge on any atom is -0.463 e. The molecule has 0 radical (unpaired) electrons. The first-order valence-electron chi connectivity index (χ1n) is 7.78. The number of carbonyl (C=O) groups is 1. The predicted molar refractivity (Wildman–Crippen MR) is 93.5 cm³/mol. The van der Waals surface area contributed by atoms with Crippen molar-refractivity contribution >= 4 is 11.6 Å². The number of carbonyl (C=O) groups excluding carboxylic acids is 1. The Morgan fingerprint density at radius 1 is 1.08 bits per heavy atom. The third-order valence-electron chi connectivity index (χ3n) is 3.57. The third kappa shape index (κ3) is 3.63. The molecule has 0 aliphatic rings. The lowest BCUT2D eigenvalue weighted by molar-refractivity contribution is -0.122. The standard InChI is InChI=1S/C19H19N3O2/c1-14-13-22(17-11-7-4-8-12-17)21-19(14)24-15(2)18(23)20-16-9-5-3-6-10-16/h3-13,15H,1-2H3,(H,20,23)/t15-/m1/s1. The molecule has 5 nitrogen and oxygen atoms in total. The summed E-state index contributed by atoms with van der Waals surface area (Å²) < 4.78 is 7.48. The molecule has 0 unspecified atom stereocenters. The van der Waals surface area contributed by atoms with Gasteiger partial charge in [0.25, 0.3) is 5.91 Å². The molecule has 0 aliphatic carbocycles. The first kappa shape index (κ1) is 15.8. The molecule has 1 heterocycles. The minimum absolute atomic E-state index is 0.213. The number of para-hydroxylation sites is 2. The van der Waals surface area contributed by atoms with Crippen LogP contribution in [0, 0.1) is 6.92 Å². The van der Waals surface area contributed by atoms with Crippen LogP contribution in [0.3, 0.4) is 0 Å². The zero-order valence-electron chi connectivity index (χ0n) is 13.6. The summed E-state index contributed by atoms with van der Waals surface area (Å²) in [5.74, 6) is 0.240. The maximum absolute atomic E-state index is 12.2. The van der Waals surface area contributed by atoms with E-state index in [1.165, 1.54) is 0 Å². The highest BCUT2D eigenvalue weighted by Gasteiger charge is 2.18. The van der Waals surface area contributed by atoms with Crippen molar-refractivity contribution in [3.05, 3.63) is 72.4 Å². The van der Waals surface area contributed by atoms with Crippen LogP contribution in [-0.2, 0) is 4.79 Å². The minimum atomic E-state index is -0.650. The van der Waals surface area contributed by atoms with Crippen molar-refractivity contribution in [3.63, 3.8) is 0 Å². The summed E-state index contributed by atoms with van der Waals surface area (Å²) in [6, 6.07) is 19.1. The van der Waals surface area contributed by atoms with Crippen LogP contribution in [0.1, 0.15) is 12.5 Å². The molecule has 0 spiro atoms. The van der Waals surface area contributed by atoms with Crippen LogP contribution in [0.5, 0.6) is 5.88 Å². The number of amides is 1. The smallest absolute Gasteiger partial charge is 0.265 e. The van der Waals surface area contributed by atoms with E-state index in [0.29, 0.717) is 5.88 Å². The summed E-state index contributed by atoms with van der Waals surface area (Å²) >= 11 is 0. The van der Waals surface area contributed by atoms with Crippen molar-refractivity contribution < 1.29 is 9.53 Å². The molecule has 1 atom stereocenters. The second kappa shape index (κ2) is 7.00. The maximum atomic E-state index is 12.2. The second-order valence-corrected chi connectivity index (χ2v) is 5.51. The number of aryl methyl sites for hydroxylation is 1. The van der Waals surface area contributed by atoms with Gasteiger partial charge >= 0.3 is 0 Å². The number of nitrogens with one attached hydrogen (secondary N) is 1. The Bertz CT molecular complexity index is 813. The average Bonchev–Trinajstić information content (AvgIpc) is 2.97. The van der Waals surface area contributed by atoms with E-state index in [4.69, 9.17) is 4.74 Å². The van der Waals surface area contributed by atoms with Crippen LogP contribution in [0.4, 0.5) is 5.69 Å². The molecule has 1 aromatic heterocycles. The molecule has 3 aromatic rings. The highest BCUT2D eigenvalue weighted by atomic mass is 16.5. The molecule has 24 heavy (non-hydrogen) atoms. The van der Waals surface area contributed by atoms with E-state index >= 15 is 0 Å². The lowest BCUT2D eigenvalue weighted by Gasteiger charge is -2.13. The Balaban J connectivity index is 1.69. The van der Waals surface area contributed by atoms with Gasteiger partial charge in [0.2, 0.25) is 5.88 Å². The summed E-state index contributed by atoms with van der Waals surface area (Å²) in [4.78, 5) is 12.2. The molecule has 2 aromatic carbocycles. The number of benzene rings is 2. The molecule has 0 aliphatic heterocycles. The number of hydrogen-bond donors (Lipinski definition) is 1. The lowest BCUT2D eigenvalue weighted by atomic mass is 10.3. The van der Waals surface area contributed by atoms with Gasteiger partial charge in [-0.3, -0.25) is 4.79 Å². The maximum Gasteiger partial charge on any atom is 0.265 e. The Morgan fingerprint density at radius 2 is 1.71 bits per heavy atom. The topological polar surface area (TPSA) is 56.2 Å². The van der Waals surface area contributed by atoms with E-state index < -0.39 is 6.10 Å². The molecule has 0 saturated carbocycles. The summed E-state index contributed by atoms with van der Waals surface area (Å²) in [5.41, 5.74) is 2.56. The van der Waals surface area contributed by atoms with E-state index in [1.54, 1.807) is 11.6 Å². The summed E-state index contributed by atoms with van der Waals surface area (Å²) in [6.45, 7) is 3.61. The van der Waals surface area contributed by atoms with E-state index in [2.05, 4.69) is 10.4 Å². The van der Waals surface area contributed by atoms with Gasteiger partial charge in [-0.25, -0.2) is 4.68 Å². The van der Waals surface area contributed by atoms with E-state index in [0.717, 1.165) is 16.9 Å². The van der Waals surface area contributed by atoms with Crippen molar-refractivity contribution in [3.8, 4) is 11.6 Å². The molecular weight excluding hydrogens is 302 g/mol. The van der Waals surface area contributed by atoms with Gasteiger partial charge in [0.1, 0.15) is 0 Å². The Kier molecular flexibility index (Phi) is 4.61. The van der Waals surface area contributed by atoms with E-state index in [9.17, 15) is 4.79 Å². The van der Waals surface area contributed by atoms with Gasteiger partial charge < -0.3 is 10.1 Å². The lowest BCUT2D eigenvalue weighted by Crippen LogP contribution is -2.30. The van der Waals surface area contributed by atoms with Crippen LogP contribution < -0.4 is 10.1 Å². The van der Waals surface area contributed by atoms with E-state index in [-0.39, 0.29) is 5.91 Å². The molecular formula is C19H19N3O2. The Hall–Kier alpha value is -3.08.